The molecule has 0 fully saturated rings. The lowest BCUT2D eigenvalue weighted by molar-refractivity contribution is 0.304. The summed E-state index contributed by atoms with van der Waals surface area (Å²) in [5.74, 6) is 1.07. The molecule has 0 aliphatic carbocycles. The molecule has 0 aliphatic rings. The summed E-state index contributed by atoms with van der Waals surface area (Å²) < 4.78 is 11.5. The Balaban J connectivity index is 1.75. The summed E-state index contributed by atoms with van der Waals surface area (Å²) in [7, 11) is 0. The molecule has 1 aromatic heterocycles. The van der Waals surface area contributed by atoms with Crippen molar-refractivity contribution in [3.63, 3.8) is 0 Å². The van der Waals surface area contributed by atoms with E-state index in [9.17, 15) is 0 Å². The van der Waals surface area contributed by atoms with E-state index in [1.165, 1.54) is 0 Å². The zero-order chi connectivity index (χ0) is 14.7. The van der Waals surface area contributed by atoms with Crippen LogP contribution in [0.5, 0.6) is 5.75 Å². The molecule has 3 aromatic rings. The van der Waals surface area contributed by atoms with Gasteiger partial charge in [0.15, 0.2) is 0 Å². The summed E-state index contributed by atoms with van der Waals surface area (Å²) in [6, 6.07) is 17.5. The molecular weight excluding hydrogens is 332 g/mol. The molecule has 0 aliphatic heterocycles. The maximum Gasteiger partial charge on any atom is 0.222 e. The van der Waals surface area contributed by atoms with Crippen LogP contribution in [-0.4, -0.2) is 5.16 Å². The van der Waals surface area contributed by atoms with Gasteiger partial charge in [-0.15, -0.1) is 0 Å². The van der Waals surface area contributed by atoms with Crippen molar-refractivity contribution < 1.29 is 9.26 Å². The smallest absolute Gasteiger partial charge is 0.222 e. The van der Waals surface area contributed by atoms with E-state index in [4.69, 9.17) is 15.0 Å². The van der Waals surface area contributed by atoms with Gasteiger partial charge in [0.2, 0.25) is 5.88 Å². The van der Waals surface area contributed by atoms with Crippen molar-refractivity contribution in [1.82, 2.24) is 5.16 Å². The van der Waals surface area contributed by atoms with Crippen molar-refractivity contribution in [3.8, 4) is 17.0 Å². The predicted octanol–water partition coefficient (Wildman–Crippen LogP) is 4.27. The van der Waals surface area contributed by atoms with Crippen LogP contribution in [0.3, 0.4) is 0 Å². The average molecular weight is 345 g/mol. The van der Waals surface area contributed by atoms with Gasteiger partial charge in [0, 0.05) is 11.6 Å². The van der Waals surface area contributed by atoms with Gasteiger partial charge in [-0.05, 0) is 39.7 Å². The van der Waals surface area contributed by atoms with E-state index in [0.29, 0.717) is 18.2 Å². The molecule has 0 saturated heterocycles. The first-order valence-corrected chi connectivity index (χ1v) is 7.20. The summed E-state index contributed by atoms with van der Waals surface area (Å²) in [5, 5.41) is 3.89. The van der Waals surface area contributed by atoms with Crippen molar-refractivity contribution in [3.05, 3.63) is 64.6 Å². The number of rotatable bonds is 4. The van der Waals surface area contributed by atoms with Crippen molar-refractivity contribution in [1.29, 1.82) is 0 Å². The molecule has 0 radical (unpaired) electrons. The summed E-state index contributed by atoms with van der Waals surface area (Å²) >= 11 is 3.51. The maximum atomic E-state index is 5.80. The highest BCUT2D eigenvalue weighted by atomic mass is 79.9. The molecule has 4 nitrogen and oxygen atoms in total. The molecule has 2 N–H and O–H groups in total. The van der Waals surface area contributed by atoms with Crippen LogP contribution in [0.2, 0.25) is 0 Å². The van der Waals surface area contributed by atoms with Crippen molar-refractivity contribution in [2.75, 3.05) is 5.73 Å². The Bertz CT molecular complexity index is 741. The first-order chi connectivity index (χ1) is 10.2. The first kappa shape index (κ1) is 13.7. The normalized spacial score (nSPS) is 10.5. The number of hydrogen-bond donors (Lipinski definition) is 1. The quantitative estimate of drug-likeness (QED) is 0.767. The van der Waals surface area contributed by atoms with Crippen LogP contribution in [0.1, 0.15) is 5.56 Å². The number of aromatic nitrogens is 1. The highest BCUT2D eigenvalue weighted by molar-refractivity contribution is 9.10. The van der Waals surface area contributed by atoms with Crippen LogP contribution >= 0.6 is 15.9 Å². The van der Waals surface area contributed by atoms with Gasteiger partial charge in [-0.2, -0.15) is 0 Å². The van der Waals surface area contributed by atoms with E-state index in [1.54, 1.807) is 6.07 Å². The molecule has 21 heavy (non-hydrogen) atoms. The summed E-state index contributed by atoms with van der Waals surface area (Å²) in [4.78, 5) is 0. The summed E-state index contributed by atoms with van der Waals surface area (Å²) in [6.07, 6.45) is 0. The Morgan fingerprint density at radius 1 is 1.10 bits per heavy atom. The molecule has 2 aromatic carbocycles. The van der Waals surface area contributed by atoms with E-state index < -0.39 is 0 Å². The second-order valence-electron chi connectivity index (χ2n) is 4.53. The topological polar surface area (TPSA) is 61.3 Å². The molecule has 0 amide bonds. The number of ether oxygens (including phenoxy) is 1. The standard InChI is InChI=1S/C16H13BrN2O2/c17-13-8-12(14-9-16(18)21-19-14)6-7-15(13)20-10-11-4-2-1-3-5-11/h1-9H,10,18H2. The first-order valence-electron chi connectivity index (χ1n) is 6.41. The molecule has 106 valence electrons. The number of halogens is 1. The third kappa shape index (κ3) is 3.25. The van der Waals surface area contributed by atoms with E-state index in [1.807, 2.05) is 48.5 Å². The Morgan fingerprint density at radius 2 is 1.90 bits per heavy atom. The average Bonchev–Trinajstić information content (AvgIpc) is 2.93. The Hall–Kier alpha value is -2.27. The van der Waals surface area contributed by atoms with E-state index in [2.05, 4.69) is 21.1 Å². The number of nitrogen functional groups attached to an aromatic ring is 1. The molecule has 0 atom stereocenters. The molecule has 3 rings (SSSR count). The maximum absolute atomic E-state index is 5.80. The van der Waals surface area contributed by atoms with E-state index >= 15 is 0 Å². The molecular formula is C16H13BrN2O2. The van der Waals surface area contributed by atoms with Crippen LogP contribution in [0, 0.1) is 0 Å². The SMILES string of the molecule is Nc1cc(-c2ccc(OCc3ccccc3)c(Br)c2)no1. The monoisotopic (exact) mass is 344 g/mol. The Morgan fingerprint density at radius 3 is 2.57 bits per heavy atom. The van der Waals surface area contributed by atoms with Crippen LogP contribution in [0.4, 0.5) is 5.88 Å². The van der Waals surface area contributed by atoms with Crippen molar-refractivity contribution in [2.45, 2.75) is 6.61 Å². The fraction of sp³-hybridized carbons (Fsp3) is 0.0625. The molecule has 5 heteroatoms. The fourth-order valence-corrected chi connectivity index (χ4v) is 2.43. The van der Waals surface area contributed by atoms with Gasteiger partial charge in [-0.3, -0.25) is 0 Å². The van der Waals surface area contributed by atoms with Gasteiger partial charge in [0.05, 0.1) is 4.47 Å². The third-order valence-electron chi connectivity index (χ3n) is 2.99. The molecule has 0 bridgehead atoms. The molecule has 0 unspecified atom stereocenters. The minimum atomic E-state index is 0.297. The van der Waals surface area contributed by atoms with Crippen LogP contribution in [-0.2, 0) is 6.61 Å². The second kappa shape index (κ2) is 6.01. The van der Waals surface area contributed by atoms with Gasteiger partial charge >= 0.3 is 0 Å². The van der Waals surface area contributed by atoms with Gasteiger partial charge in [-0.1, -0.05) is 35.5 Å². The number of nitrogens with zero attached hydrogens (tertiary/aromatic N) is 1. The molecule has 1 heterocycles. The van der Waals surface area contributed by atoms with Crippen LogP contribution in [0.25, 0.3) is 11.3 Å². The van der Waals surface area contributed by atoms with E-state index in [-0.39, 0.29) is 0 Å². The summed E-state index contributed by atoms with van der Waals surface area (Å²) in [6.45, 7) is 0.524. The third-order valence-corrected chi connectivity index (χ3v) is 3.61. The van der Waals surface area contributed by atoms with Gasteiger partial charge in [0.25, 0.3) is 0 Å². The van der Waals surface area contributed by atoms with Gasteiger partial charge in [0.1, 0.15) is 18.1 Å². The Labute approximate surface area is 130 Å². The number of hydrogen-bond acceptors (Lipinski definition) is 4. The minimum absolute atomic E-state index is 0.297. The van der Waals surface area contributed by atoms with Crippen LogP contribution in [0.15, 0.2) is 63.6 Å². The molecule has 0 saturated carbocycles. The summed E-state index contributed by atoms with van der Waals surface area (Å²) in [5.41, 5.74) is 8.26. The van der Waals surface area contributed by atoms with Crippen molar-refractivity contribution in [2.24, 2.45) is 0 Å². The minimum Gasteiger partial charge on any atom is -0.488 e. The second-order valence-corrected chi connectivity index (χ2v) is 5.39. The lowest BCUT2D eigenvalue weighted by atomic mass is 10.1. The lowest BCUT2D eigenvalue weighted by Gasteiger charge is -2.09. The fourth-order valence-electron chi connectivity index (χ4n) is 1.94. The zero-order valence-corrected chi connectivity index (χ0v) is 12.7. The van der Waals surface area contributed by atoms with Crippen molar-refractivity contribution >= 4 is 21.8 Å². The van der Waals surface area contributed by atoms with E-state index in [0.717, 1.165) is 21.3 Å². The highest BCUT2D eigenvalue weighted by Gasteiger charge is 2.08. The predicted molar refractivity (Wildman–Crippen MR) is 84.8 cm³/mol. The highest BCUT2D eigenvalue weighted by Crippen LogP contribution is 2.31. The zero-order valence-electron chi connectivity index (χ0n) is 11.1. The van der Waals surface area contributed by atoms with Gasteiger partial charge < -0.3 is 15.0 Å². The lowest BCUT2D eigenvalue weighted by Crippen LogP contribution is -1.95. The number of anilines is 1. The number of benzene rings is 2. The van der Waals surface area contributed by atoms with Crippen LogP contribution < -0.4 is 10.5 Å². The Kier molecular flexibility index (Phi) is 3.92. The largest absolute Gasteiger partial charge is 0.488 e. The number of nitrogens with two attached hydrogens (primary N) is 1. The molecule has 0 spiro atoms. The van der Waals surface area contributed by atoms with Gasteiger partial charge in [-0.25, -0.2) is 0 Å².